The summed E-state index contributed by atoms with van der Waals surface area (Å²) in [6.45, 7) is 15.8. The average molecular weight is 345 g/mol. The molecular weight excluding hydrogens is 304 g/mol. The van der Waals surface area contributed by atoms with Crippen molar-refractivity contribution in [2.75, 3.05) is 0 Å². The minimum atomic E-state index is -1.90. The van der Waals surface area contributed by atoms with E-state index in [1.807, 2.05) is 0 Å². The van der Waals surface area contributed by atoms with Crippen LogP contribution in [0.4, 0.5) is 0 Å². The first-order chi connectivity index (χ1) is 10.4. The van der Waals surface area contributed by atoms with Crippen molar-refractivity contribution in [3.8, 4) is 0 Å². The van der Waals surface area contributed by atoms with Gasteiger partial charge in [-0.05, 0) is 63.1 Å². The molecule has 0 radical (unpaired) electrons. The van der Waals surface area contributed by atoms with Crippen LogP contribution in [-0.2, 0) is 4.43 Å². The number of rotatable bonds is 6. The molecule has 0 bridgehead atoms. The van der Waals surface area contributed by atoms with E-state index in [1.54, 1.807) is 0 Å². The summed E-state index contributed by atoms with van der Waals surface area (Å²) in [4.78, 5) is 0. The normalized spacial score (nSPS) is 29.3. The fraction of sp³-hybridized carbons (Fsp3) is 1.00. The average Bonchev–Trinajstić information content (AvgIpc) is 2.37. The van der Waals surface area contributed by atoms with Gasteiger partial charge in [-0.15, -0.1) is 0 Å². The van der Waals surface area contributed by atoms with E-state index in [0.717, 1.165) is 31.7 Å². The quantitative estimate of drug-likeness (QED) is 0.676. The van der Waals surface area contributed by atoms with Gasteiger partial charge < -0.3 is 14.6 Å². The molecule has 1 aliphatic rings. The second-order valence-electron chi connectivity index (χ2n) is 9.56. The summed E-state index contributed by atoms with van der Waals surface area (Å²) in [6, 6.07) is 2.36. The third-order valence-corrected chi connectivity index (χ3v) is 11.5. The lowest BCUT2D eigenvalue weighted by Crippen LogP contribution is -2.51. The van der Waals surface area contributed by atoms with Crippen LogP contribution in [0.15, 0.2) is 0 Å². The summed E-state index contributed by atoms with van der Waals surface area (Å²) in [5.74, 6) is 0.531. The lowest BCUT2D eigenvalue weighted by Gasteiger charge is -2.47. The molecule has 0 amide bonds. The summed E-state index contributed by atoms with van der Waals surface area (Å²) in [5.41, 5.74) is -0.100. The van der Waals surface area contributed by atoms with Gasteiger partial charge in [0.1, 0.15) is 0 Å². The zero-order chi connectivity index (χ0) is 17.9. The lowest BCUT2D eigenvalue weighted by atomic mass is 9.84. The SMILES string of the molecule is CCC[Si](CCC1CCC(O)C(O)C1)(OC(C)(C)C)C(C)(C)C. The summed E-state index contributed by atoms with van der Waals surface area (Å²) >= 11 is 0. The van der Waals surface area contributed by atoms with Gasteiger partial charge in [0.25, 0.3) is 0 Å². The summed E-state index contributed by atoms with van der Waals surface area (Å²) < 4.78 is 6.80. The van der Waals surface area contributed by atoms with Gasteiger partial charge in [0.2, 0.25) is 0 Å². The van der Waals surface area contributed by atoms with Crippen LogP contribution >= 0.6 is 0 Å². The number of hydrogen-bond acceptors (Lipinski definition) is 3. The predicted octanol–water partition coefficient (Wildman–Crippen LogP) is 4.87. The van der Waals surface area contributed by atoms with Crippen LogP contribution in [0, 0.1) is 5.92 Å². The molecule has 0 heterocycles. The Balaban J connectivity index is 2.83. The van der Waals surface area contributed by atoms with E-state index in [2.05, 4.69) is 48.5 Å². The summed E-state index contributed by atoms with van der Waals surface area (Å²) in [5, 5.41) is 19.9. The van der Waals surface area contributed by atoms with Crippen LogP contribution in [0.5, 0.6) is 0 Å². The first-order valence-electron chi connectivity index (χ1n) is 9.46. The highest BCUT2D eigenvalue weighted by atomic mass is 28.4. The van der Waals surface area contributed by atoms with Crippen LogP contribution in [0.2, 0.25) is 17.1 Å². The van der Waals surface area contributed by atoms with Crippen molar-refractivity contribution in [3.63, 3.8) is 0 Å². The molecule has 0 aliphatic heterocycles. The number of aliphatic hydroxyl groups excluding tert-OH is 2. The van der Waals surface area contributed by atoms with Crippen molar-refractivity contribution in [2.45, 2.75) is 116 Å². The molecule has 23 heavy (non-hydrogen) atoms. The molecule has 4 atom stereocenters. The highest BCUT2D eigenvalue weighted by Crippen LogP contribution is 2.47. The minimum absolute atomic E-state index is 0.100. The van der Waals surface area contributed by atoms with Gasteiger partial charge in [0.15, 0.2) is 8.32 Å². The van der Waals surface area contributed by atoms with Gasteiger partial charge in [0, 0.05) is 5.60 Å². The summed E-state index contributed by atoms with van der Waals surface area (Å²) in [7, 11) is -1.90. The van der Waals surface area contributed by atoms with E-state index in [0.29, 0.717) is 5.92 Å². The van der Waals surface area contributed by atoms with E-state index in [9.17, 15) is 10.2 Å². The first-order valence-corrected chi connectivity index (χ1v) is 11.8. The van der Waals surface area contributed by atoms with Gasteiger partial charge in [-0.1, -0.05) is 40.5 Å². The molecule has 1 saturated carbocycles. The summed E-state index contributed by atoms with van der Waals surface area (Å²) in [6.07, 6.45) is 3.77. The molecular formula is C19H40O3Si. The molecule has 0 spiro atoms. The molecule has 3 nitrogen and oxygen atoms in total. The molecule has 4 heteroatoms. The standard InChI is InChI=1S/C19H40O3Si/c1-8-12-23(19(5,6)7,22-18(2,3)4)13-11-15-9-10-16(20)17(21)14-15/h15-17,20-21H,8-14H2,1-7H3. The predicted molar refractivity (Wildman–Crippen MR) is 100 cm³/mol. The molecule has 1 fully saturated rings. The molecule has 0 aromatic carbocycles. The van der Waals surface area contributed by atoms with Gasteiger partial charge >= 0.3 is 0 Å². The molecule has 1 rings (SSSR count). The molecule has 138 valence electrons. The Morgan fingerprint density at radius 3 is 2.00 bits per heavy atom. The van der Waals surface area contributed by atoms with E-state index < -0.39 is 20.5 Å². The molecule has 0 aromatic heterocycles. The fourth-order valence-electron chi connectivity index (χ4n) is 4.03. The second kappa shape index (κ2) is 7.98. The van der Waals surface area contributed by atoms with E-state index >= 15 is 0 Å². The van der Waals surface area contributed by atoms with Gasteiger partial charge in [-0.25, -0.2) is 0 Å². The number of aliphatic hydroxyl groups is 2. The Morgan fingerprint density at radius 1 is 0.957 bits per heavy atom. The second-order valence-corrected chi connectivity index (χ2v) is 14.3. The smallest absolute Gasteiger partial charge is 0.198 e. The van der Waals surface area contributed by atoms with Crippen molar-refractivity contribution in [1.29, 1.82) is 0 Å². The van der Waals surface area contributed by atoms with Crippen molar-refractivity contribution in [3.05, 3.63) is 0 Å². The third-order valence-electron chi connectivity index (χ3n) is 5.37. The van der Waals surface area contributed by atoms with Crippen LogP contribution < -0.4 is 0 Å². The zero-order valence-corrected chi connectivity index (χ0v) is 17.5. The molecule has 1 aliphatic carbocycles. The third kappa shape index (κ3) is 6.15. The van der Waals surface area contributed by atoms with E-state index in [1.165, 1.54) is 12.5 Å². The maximum Gasteiger partial charge on any atom is 0.198 e. The maximum absolute atomic E-state index is 9.96. The Hall–Kier alpha value is 0.0969. The van der Waals surface area contributed by atoms with Crippen LogP contribution in [0.1, 0.15) is 80.6 Å². The Labute approximate surface area is 145 Å². The van der Waals surface area contributed by atoms with Gasteiger partial charge in [-0.3, -0.25) is 0 Å². The minimum Gasteiger partial charge on any atom is -0.412 e. The molecule has 4 unspecified atom stereocenters. The van der Waals surface area contributed by atoms with Crippen molar-refractivity contribution in [1.82, 2.24) is 0 Å². The molecule has 2 N–H and O–H groups in total. The molecule has 0 aromatic rings. The van der Waals surface area contributed by atoms with E-state index in [4.69, 9.17) is 4.43 Å². The maximum atomic E-state index is 9.96. The van der Waals surface area contributed by atoms with Crippen LogP contribution in [-0.4, -0.2) is 36.3 Å². The fourth-order valence-corrected chi connectivity index (χ4v) is 9.15. The van der Waals surface area contributed by atoms with Crippen LogP contribution in [0.25, 0.3) is 0 Å². The first kappa shape index (κ1) is 21.1. The monoisotopic (exact) mass is 344 g/mol. The largest absolute Gasteiger partial charge is 0.412 e. The molecule has 0 saturated heterocycles. The van der Waals surface area contributed by atoms with Gasteiger partial charge in [0.05, 0.1) is 12.2 Å². The number of hydrogen-bond donors (Lipinski definition) is 2. The van der Waals surface area contributed by atoms with Crippen molar-refractivity contribution >= 4 is 8.32 Å². The van der Waals surface area contributed by atoms with Crippen LogP contribution in [0.3, 0.4) is 0 Å². The van der Waals surface area contributed by atoms with E-state index in [-0.39, 0.29) is 10.6 Å². The Bertz CT molecular complexity index is 359. The van der Waals surface area contributed by atoms with Crippen molar-refractivity contribution < 1.29 is 14.6 Å². The highest BCUT2D eigenvalue weighted by molar-refractivity contribution is 6.76. The highest BCUT2D eigenvalue weighted by Gasteiger charge is 2.48. The zero-order valence-electron chi connectivity index (χ0n) is 16.5. The van der Waals surface area contributed by atoms with Crippen molar-refractivity contribution in [2.24, 2.45) is 5.92 Å². The van der Waals surface area contributed by atoms with Gasteiger partial charge in [-0.2, -0.15) is 0 Å². The Morgan fingerprint density at radius 2 is 1.57 bits per heavy atom. The lowest BCUT2D eigenvalue weighted by molar-refractivity contribution is -0.0261. The Kier molecular flexibility index (Phi) is 7.34. The topological polar surface area (TPSA) is 49.7 Å².